The molecule has 2 aromatic rings. The molecule has 0 aliphatic heterocycles. The molecule has 0 saturated carbocycles. The van der Waals surface area contributed by atoms with Gasteiger partial charge in [0.1, 0.15) is 5.82 Å². The predicted molar refractivity (Wildman–Crippen MR) is 76.0 cm³/mol. The van der Waals surface area contributed by atoms with E-state index in [0.29, 0.717) is 22.5 Å². The van der Waals surface area contributed by atoms with E-state index in [1.807, 2.05) is 5.43 Å². The van der Waals surface area contributed by atoms with Crippen LogP contribution in [0.5, 0.6) is 0 Å². The number of amides is 1. The molecule has 1 amide bonds. The molecular formula is C13H10Cl2FN3O. The van der Waals surface area contributed by atoms with Crippen molar-refractivity contribution < 1.29 is 9.18 Å². The topological polar surface area (TPSA) is 68.0 Å². The first kappa shape index (κ1) is 14.7. The minimum absolute atomic E-state index is 0.0606. The van der Waals surface area contributed by atoms with Gasteiger partial charge in [-0.25, -0.2) is 10.2 Å². The van der Waals surface area contributed by atoms with E-state index >= 15 is 0 Å². The van der Waals surface area contributed by atoms with E-state index in [1.54, 1.807) is 19.1 Å². The van der Waals surface area contributed by atoms with Gasteiger partial charge in [0.05, 0.1) is 27.0 Å². The Kier molecular flexibility index (Phi) is 4.23. The second kappa shape index (κ2) is 5.75. The van der Waals surface area contributed by atoms with Crippen molar-refractivity contribution in [3.63, 3.8) is 0 Å². The van der Waals surface area contributed by atoms with Crippen LogP contribution >= 0.6 is 23.2 Å². The van der Waals surface area contributed by atoms with E-state index in [4.69, 9.17) is 29.0 Å². The van der Waals surface area contributed by atoms with Crippen LogP contribution in [0, 0.1) is 12.7 Å². The number of halogens is 3. The van der Waals surface area contributed by atoms with Crippen molar-refractivity contribution in [3.05, 3.63) is 51.4 Å². The maximum absolute atomic E-state index is 13.5. The molecule has 20 heavy (non-hydrogen) atoms. The van der Waals surface area contributed by atoms with Crippen molar-refractivity contribution in [3.8, 4) is 11.3 Å². The number of carbonyl (C=O) groups is 1. The number of nitrogen functional groups attached to an aromatic ring is 1. The monoisotopic (exact) mass is 313 g/mol. The van der Waals surface area contributed by atoms with Crippen molar-refractivity contribution in [2.75, 3.05) is 0 Å². The normalized spacial score (nSPS) is 10.4. The molecule has 0 radical (unpaired) electrons. The molecule has 0 atom stereocenters. The van der Waals surface area contributed by atoms with Crippen LogP contribution in [0.25, 0.3) is 11.3 Å². The second-order valence-corrected chi connectivity index (χ2v) is 4.86. The summed E-state index contributed by atoms with van der Waals surface area (Å²) in [5.41, 5.74) is 3.66. The highest BCUT2D eigenvalue weighted by Gasteiger charge is 2.13. The van der Waals surface area contributed by atoms with Gasteiger partial charge >= 0.3 is 0 Å². The number of aromatic nitrogens is 1. The minimum atomic E-state index is -0.589. The van der Waals surface area contributed by atoms with E-state index in [-0.39, 0.29) is 10.0 Å². The van der Waals surface area contributed by atoms with Gasteiger partial charge in [-0.3, -0.25) is 15.2 Å². The molecule has 0 saturated heterocycles. The van der Waals surface area contributed by atoms with Gasteiger partial charge in [0.15, 0.2) is 0 Å². The first-order valence-electron chi connectivity index (χ1n) is 5.57. The lowest BCUT2D eigenvalue weighted by atomic mass is 10.1. The van der Waals surface area contributed by atoms with E-state index in [1.165, 1.54) is 12.1 Å². The lowest BCUT2D eigenvalue weighted by molar-refractivity contribution is 0.0952. The van der Waals surface area contributed by atoms with Gasteiger partial charge in [-0.1, -0.05) is 23.2 Å². The second-order valence-electron chi connectivity index (χ2n) is 4.05. The van der Waals surface area contributed by atoms with Gasteiger partial charge in [0, 0.05) is 5.56 Å². The number of hydrazine groups is 1. The van der Waals surface area contributed by atoms with Crippen LogP contribution < -0.4 is 11.3 Å². The van der Waals surface area contributed by atoms with Crippen molar-refractivity contribution in [2.24, 2.45) is 5.84 Å². The maximum Gasteiger partial charge on any atom is 0.267 e. The van der Waals surface area contributed by atoms with Gasteiger partial charge in [-0.2, -0.15) is 0 Å². The molecule has 1 aromatic heterocycles. The minimum Gasteiger partial charge on any atom is -0.290 e. The van der Waals surface area contributed by atoms with Crippen LogP contribution in [-0.2, 0) is 0 Å². The molecule has 0 aliphatic carbocycles. The van der Waals surface area contributed by atoms with Crippen LogP contribution in [0.15, 0.2) is 24.3 Å². The highest BCUT2D eigenvalue weighted by atomic mass is 35.5. The zero-order valence-corrected chi connectivity index (χ0v) is 11.9. The number of nitrogens with one attached hydrogen (secondary N) is 1. The van der Waals surface area contributed by atoms with Crippen molar-refractivity contribution in [1.82, 2.24) is 10.4 Å². The van der Waals surface area contributed by atoms with Crippen molar-refractivity contribution in [1.29, 1.82) is 0 Å². The predicted octanol–water partition coefficient (Wildman–Crippen LogP) is 3.11. The molecule has 1 heterocycles. The quantitative estimate of drug-likeness (QED) is 0.387. The first-order valence-corrected chi connectivity index (χ1v) is 6.33. The summed E-state index contributed by atoms with van der Waals surface area (Å²) in [6.07, 6.45) is 0. The zero-order valence-electron chi connectivity index (χ0n) is 10.4. The fraction of sp³-hybridized carbons (Fsp3) is 0.0769. The van der Waals surface area contributed by atoms with Crippen LogP contribution in [0.2, 0.25) is 10.0 Å². The standard InChI is InChI=1S/C13H10Cl2FN3O/c1-6-7(13(20)19-17)2-3-12(18-6)8-4-11(16)10(15)5-9(8)14/h2-5H,17H2,1H3,(H,19,20). The molecule has 104 valence electrons. The Morgan fingerprint density at radius 3 is 2.60 bits per heavy atom. The smallest absolute Gasteiger partial charge is 0.267 e. The molecule has 0 spiro atoms. The summed E-state index contributed by atoms with van der Waals surface area (Å²) in [6, 6.07) is 5.62. The van der Waals surface area contributed by atoms with Crippen LogP contribution in [0.3, 0.4) is 0 Å². The average molecular weight is 314 g/mol. The van der Waals surface area contributed by atoms with Crippen molar-refractivity contribution >= 4 is 29.1 Å². The molecule has 1 aromatic carbocycles. The van der Waals surface area contributed by atoms with Gasteiger partial charge in [0.25, 0.3) is 5.91 Å². The van der Waals surface area contributed by atoms with E-state index in [0.717, 1.165) is 0 Å². The Morgan fingerprint density at radius 2 is 2.00 bits per heavy atom. The lowest BCUT2D eigenvalue weighted by Gasteiger charge is -2.09. The lowest BCUT2D eigenvalue weighted by Crippen LogP contribution is -2.30. The number of aryl methyl sites for hydroxylation is 1. The van der Waals surface area contributed by atoms with E-state index in [9.17, 15) is 9.18 Å². The fourth-order valence-electron chi connectivity index (χ4n) is 1.75. The molecule has 0 aliphatic rings. The van der Waals surface area contributed by atoms with Crippen molar-refractivity contribution in [2.45, 2.75) is 6.92 Å². The number of hydrogen-bond donors (Lipinski definition) is 2. The average Bonchev–Trinajstić information content (AvgIpc) is 2.42. The Balaban J connectivity index is 2.52. The van der Waals surface area contributed by atoms with E-state index in [2.05, 4.69) is 4.98 Å². The summed E-state index contributed by atoms with van der Waals surface area (Å²) < 4.78 is 13.5. The largest absolute Gasteiger partial charge is 0.290 e. The molecule has 0 fully saturated rings. The number of benzene rings is 1. The molecule has 4 nitrogen and oxygen atoms in total. The maximum atomic E-state index is 13.5. The van der Waals surface area contributed by atoms with Gasteiger partial charge in [0.2, 0.25) is 0 Å². The van der Waals surface area contributed by atoms with Gasteiger partial charge in [-0.05, 0) is 31.2 Å². The Hall–Kier alpha value is -1.69. The molecule has 0 bridgehead atoms. The highest BCUT2D eigenvalue weighted by Crippen LogP contribution is 2.31. The highest BCUT2D eigenvalue weighted by molar-refractivity contribution is 6.36. The van der Waals surface area contributed by atoms with Crippen LogP contribution in [0.1, 0.15) is 16.1 Å². The number of nitrogens with two attached hydrogens (primary N) is 1. The van der Waals surface area contributed by atoms with E-state index < -0.39 is 11.7 Å². The summed E-state index contributed by atoms with van der Waals surface area (Å²) in [6.45, 7) is 1.65. The zero-order chi connectivity index (χ0) is 14.9. The molecule has 2 rings (SSSR count). The Bertz CT molecular complexity index is 692. The molecule has 3 N–H and O–H groups in total. The fourth-order valence-corrected chi connectivity index (χ4v) is 2.23. The number of nitrogens with zero attached hydrogens (tertiary/aromatic N) is 1. The summed E-state index contributed by atoms with van der Waals surface area (Å²) in [7, 11) is 0. The third-order valence-electron chi connectivity index (χ3n) is 2.75. The third kappa shape index (κ3) is 2.75. The Morgan fingerprint density at radius 1 is 1.30 bits per heavy atom. The molecule has 7 heteroatoms. The number of rotatable bonds is 2. The summed E-state index contributed by atoms with van der Waals surface area (Å²) in [4.78, 5) is 15.7. The van der Waals surface area contributed by atoms with Crippen LogP contribution in [0.4, 0.5) is 4.39 Å². The third-order valence-corrected chi connectivity index (χ3v) is 3.35. The number of pyridine rings is 1. The summed E-state index contributed by atoms with van der Waals surface area (Å²) in [5.74, 6) is 4.03. The number of hydrogen-bond acceptors (Lipinski definition) is 3. The Labute approximate surface area is 124 Å². The summed E-state index contributed by atoms with van der Waals surface area (Å²) in [5, 5.41) is 0.217. The number of carbonyl (C=O) groups excluding carboxylic acids is 1. The van der Waals surface area contributed by atoms with Crippen LogP contribution in [-0.4, -0.2) is 10.9 Å². The summed E-state index contributed by atoms with van der Waals surface area (Å²) >= 11 is 11.7. The van der Waals surface area contributed by atoms with Gasteiger partial charge < -0.3 is 0 Å². The molecular weight excluding hydrogens is 304 g/mol. The molecule has 0 unspecified atom stereocenters. The first-order chi connectivity index (χ1) is 9.43. The van der Waals surface area contributed by atoms with Gasteiger partial charge in [-0.15, -0.1) is 0 Å². The SMILES string of the molecule is Cc1nc(-c2cc(F)c(Cl)cc2Cl)ccc1C(=O)NN.